The zero-order valence-corrected chi connectivity index (χ0v) is 5.53. The highest BCUT2D eigenvalue weighted by Crippen LogP contribution is 2.13. The van der Waals surface area contributed by atoms with Crippen molar-refractivity contribution in [1.82, 2.24) is 5.32 Å². The summed E-state index contributed by atoms with van der Waals surface area (Å²) in [5.74, 6) is -1.03. The molecule has 0 aliphatic carbocycles. The Hall–Kier alpha value is -1.65. The van der Waals surface area contributed by atoms with Crippen LogP contribution in [-0.2, 0) is 4.79 Å². The molecule has 0 aromatic heterocycles. The van der Waals surface area contributed by atoms with Crippen LogP contribution in [0.3, 0.4) is 0 Å². The van der Waals surface area contributed by atoms with Crippen molar-refractivity contribution in [3.05, 3.63) is 11.8 Å². The van der Waals surface area contributed by atoms with Gasteiger partial charge in [0, 0.05) is 6.20 Å². The maximum Gasteiger partial charge on any atom is 0.357 e. The first-order valence-electron chi connectivity index (χ1n) is 3.11. The maximum atomic E-state index is 10.5. The minimum absolute atomic E-state index is 0.0324. The number of aliphatic carboxylic acids is 1. The highest BCUT2D eigenvalue weighted by atomic mass is 16.4. The van der Waals surface area contributed by atoms with E-state index in [0.29, 0.717) is 17.8 Å². The Morgan fingerprint density at radius 2 is 2.45 bits per heavy atom. The number of fused-ring (bicyclic) bond motifs is 1. The van der Waals surface area contributed by atoms with Gasteiger partial charge in [-0.3, -0.25) is 0 Å². The Morgan fingerprint density at radius 3 is 3.18 bits per heavy atom. The van der Waals surface area contributed by atoms with Gasteiger partial charge >= 0.3 is 5.97 Å². The van der Waals surface area contributed by atoms with Gasteiger partial charge in [-0.15, -0.1) is 5.10 Å². The van der Waals surface area contributed by atoms with E-state index < -0.39 is 5.97 Å². The molecule has 5 nitrogen and oxygen atoms in total. The molecule has 56 valence electrons. The van der Waals surface area contributed by atoms with Crippen LogP contribution >= 0.6 is 0 Å². The molecule has 2 rings (SSSR count). The van der Waals surface area contributed by atoms with Crippen LogP contribution in [0.2, 0.25) is 0 Å². The van der Waals surface area contributed by atoms with Gasteiger partial charge in [-0.2, -0.15) is 5.10 Å². The van der Waals surface area contributed by atoms with E-state index in [1.165, 1.54) is 0 Å². The molecule has 0 radical (unpaired) electrons. The van der Waals surface area contributed by atoms with Crippen LogP contribution in [0.1, 0.15) is 0 Å². The maximum absolute atomic E-state index is 10.5. The third-order valence-corrected chi connectivity index (χ3v) is 1.56. The standard InChI is InChI=1S/C6H5N3O2/c10-6(11)5-3-1-7-2-4(3)8-9-5/h1,7H,2H2,(H,10,11). The minimum atomic E-state index is -1.03. The van der Waals surface area contributed by atoms with Gasteiger partial charge in [0.2, 0.25) is 0 Å². The van der Waals surface area contributed by atoms with E-state index in [9.17, 15) is 4.79 Å². The number of hydrogen-bond donors (Lipinski definition) is 2. The lowest BCUT2D eigenvalue weighted by molar-refractivity contribution is -0.129. The van der Waals surface area contributed by atoms with Crippen molar-refractivity contribution in [2.24, 2.45) is 10.2 Å². The molecule has 2 aliphatic heterocycles. The Labute approximate surface area is 62.1 Å². The molecule has 0 saturated heterocycles. The number of nitrogens with zero attached hydrogens (tertiary/aromatic N) is 2. The molecule has 11 heavy (non-hydrogen) atoms. The van der Waals surface area contributed by atoms with Crippen LogP contribution in [0.4, 0.5) is 0 Å². The molecule has 0 unspecified atom stereocenters. The van der Waals surface area contributed by atoms with E-state index in [1.54, 1.807) is 6.20 Å². The van der Waals surface area contributed by atoms with Crippen molar-refractivity contribution in [2.45, 2.75) is 0 Å². The third kappa shape index (κ3) is 0.739. The van der Waals surface area contributed by atoms with Crippen LogP contribution < -0.4 is 5.32 Å². The molecule has 0 fully saturated rings. The number of carboxylic acid groups (broad SMARTS) is 1. The molecule has 0 aromatic rings. The highest BCUT2D eigenvalue weighted by Gasteiger charge is 2.27. The van der Waals surface area contributed by atoms with E-state index in [0.717, 1.165) is 0 Å². The first kappa shape index (κ1) is 6.09. The Bertz CT molecular complexity index is 314. The van der Waals surface area contributed by atoms with Crippen LogP contribution in [-0.4, -0.2) is 29.0 Å². The number of nitrogens with one attached hydrogen (secondary N) is 1. The quantitative estimate of drug-likeness (QED) is 0.524. The van der Waals surface area contributed by atoms with E-state index in [2.05, 4.69) is 15.5 Å². The fraction of sp³-hybridized carbons (Fsp3) is 0.167. The van der Waals surface area contributed by atoms with Gasteiger partial charge in [-0.25, -0.2) is 4.79 Å². The van der Waals surface area contributed by atoms with Gasteiger partial charge in [-0.1, -0.05) is 0 Å². The lowest BCUT2D eigenvalue weighted by Gasteiger charge is -1.90. The van der Waals surface area contributed by atoms with Crippen molar-refractivity contribution in [2.75, 3.05) is 6.54 Å². The summed E-state index contributed by atoms with van der Waals surface area (Å²) in [7, 11) is 0. The van der Waals surface area contributed by atoms with Gasteiger partial charge in [0.25, 0.3) is 0 Å². The summed E-state index contributed by atoms with van der Waals surface area (Å²) in [6.45, 7) is 0.579. The summed E-state index contributed by atoms with van der Waals surface area (Å²) in [6.07, 6.45) is 1.62. The predicted octanol–water partition coefficient (Wildman–Crippen LogP) is -0.631. The summed E-state index contributed by atoms with van der Waals surface area (Å²) in [6, 6.07) is 0. The average molecular weight is 151 g/mol. The third-order valence-electron chi connectivity index (χ3n) is 1.56. The molecule has 0 amide bonds. The average Bonchev–Trinajstić information content (AvgIpc) is 2.41. The fourth-order valence-corrected chi connectivity index (χ4v) is 1.04. The van der Waals surface area contributed by atoms with Crippen LogP contribution in [0, 0.1) is 0 Å². The zero-order valence-electron chi connectivity index (χ0n) is 5.53. The van der Waals surface area contributed by atoms with E-state index >= 15 is 0 Å². The Morgan fingerprint density at radius 1 is 1.64 bits per heavy atom. The highest BCUT2D eigenvalue weighted by molar-refractivity contribution is 6.51. The molecule has 0 aromatic carbocycles. The topological polar surface area (TPSA) is 74.0 Å². The summed E-state index contributed by atoms with van der Waals surface area (Å²) in [5, 5.41) is 18.7. The summed E-state index contributed by atoms with van der Waals surface area (Å²) < 4.78 is 0. The molecule has 0 saturated carbocycles. The lowest BCUT2D eigenvalue weighted by Crippen LogP contribution is -2.16. The first-order chi connectivity index (χ1) is 5.29. The van der Waals surface area contributed by atoms with Crippen LogP contribution in [0.25, 0.3) is 0 Å². The largest absolute Gasteiger partial charge is 0.476 e. The van der Waals surface area contributed by atoms with Crippen molar-refractivity contribution in [1.29, 1.82) is 0 Å². The molecule has 2 heterocycles. The molecule has 0 atom stereocenters. The normalized spacial score (nSPS) is 19.8. The van der Waals surface area contributed by atoms with Crippen molar-refractivity contribution >= 4 is 17.4 Å². The Balaban J connectivity index is 2.38. The van der Waals surface area contributed by atoms with Gasteiger partial charge < -0.3 is 10.4 Å². The van der Waals surface area contributed by atoms with Crippen molar-refractivity contribution in [3.8, 4) is 0 Å². The summed E-state index contributed by atoms with van der Waals surface area (Å²) in [5.41, 5.74) is 1.35. The minimum Gasteiger partial charge on any atom is -0.476 e. The molecule has 2 aliphatic rings. The molecule has 2 N–H and O–H groups in total. The SMILES string of the molecule is O=C(O)C1=NN=C2CNC=C21. The predicted molar refractivity (Wildman–Crippen MR) is 38.6 cm³/mol. The lowest BCUT2D eigenvalue weighted by atomic mass is 10.1. The molecular weight excluding hydrogens is 146 g/mol. The second kappa shape index (κ2) is 1.91. The molecule has 5 heteroatoms. The second-order valence-electron chi connectivity index (χ2n) is 2.24. The van der Waals surface area contributed by atoms with Gasteiger partial charge in [0.15, 0.2) is 5.71 Å². The van der Waals surface area contributed by atoms with E-state index in [-0.39, 0.29) is 5.71 Å². The number of rotatable bonds is 1. The van der Waals surface area contributed by atoms with Crippen molar-refractivity contribution < 1.29 is 9.90 Å². The van der Waals surface area contributed by atoms with Crippen LogP contribution in [0.5, 0.6) is 0 Å². The van der Waals surface area contributed by atoms with Gasteiger partial charge in [0.1, 0.15) is 0 Å². The summed E-state index contributed by atoms with van der Waals surface area (Å²) >= 11 is 0. The zero-order chi connectivity index (χ0) is 7.84. The smallest absolute Gasteiger partial charge is 0.357 e. The molecule has 0 bridgehead atoms. The van der Waals surface area contributed by atoms with Crippen molar-refractivity contribution in [3.63, 3.8) is 0 Å². The molecular formula is C6H5N3O2. The monoisotopic (exact) mass is 151 g/mol. The van der Waals surface area contributed by atoms with Crippen LogP contribution in [0.15, 0.2) is 22.0 Å². The fourth-order valence-electron chi connectivity index (χ4n) is 1.04. The summed E-state index contributed by atoms with van der Waals surface area (Å²) in [4.78, 5) is 10.5. The number of carboxylic acids is 1. The van der Waals surface area contributed by atoms with Gasteiger partial charge in [-0.05, 0) is 0 Å². The van der Waals surface area contributed by atoms with E-state index in [4.69, 9.17) is 5.11 Å². The first-order valence-corrected chi connectivity index (χ1v) is 3.11. The Kier molecular flexibility index (Phi) is 1.06. The van der Waals surface area contributed by atoms with E-state index in [1.807, 2.05) is 0 Å². The second-order valence-corrected chi connectivity index (χ2v) is 2.24. The van der Waals surface area contributed by atoms with Gasteiger partial charge in [0.05, 0.1) is 17.8 Å². The molecule has 0 spiro atoms. The number of hydrogen-bond acceptors (Lipinski definition) is 4. The number of carbonyl (C=O) groups is 1.